The van der Waals surface area contributed by atoms with Crippen molar-refractivity contribution in [2.45, 2.75) is 26.3 Å². The van der Waals surface area contributed by atoms with E-state index in [4.69, 9.17) is 5.73 Å². The van der Waals surface area contributed by atoms with Crippen molar-refractivity contribution < 1.29 is 4.79 Å². The summed E-state index contributed by atoms with van der Waals surface area (Å²) in [4.78, 5) is 11.6. The lowest BCUT2D eigenvalue weighted by atomic mass is 9.96. The van der Waals surface area contributed by atoms with Crippen molar-refractivity contribution in [2.75, 3.05) is 0 Å². The van der Waals surface area contributed by atoms with E-state index in [1.807, 2.05) is 12.1 Å². The second-order valence-corrected chi connectivity index (χ2v) is 4.60. The third-order valence-electron chi connectivity index (χ3n) is 3.29. The summed E-state index contributed by atoms with van der Waals surface area (Å²) in [6.07, 6.45) is 1.16. The minimum absolute atomic E-state index is 0.00897. The molecule has 0 aliphatic heterocycles. The molecule has 0 spiro atoms. The molecule has 3 nitrogen and oxygen atoms in total. The molecule has 1 aliphatic carbocycles. The van der Waals surface area contributed by atoms with Gasteiger partial charge >= 0.3 is 0 Å². The van der Waals surface area contributed by atoms with Crippen LogP contribution in [0.1, 0.15) is 24.0 Å². The Labute approximate surface area is 107 Å². The smallest absolute Gasteiger partial charge is 0.180 e. The molecule has 1 aliphatic rings. The topological polar surface area (TPSA) is 55.1 Å². The molecule has 0 fully saturated rings. The molecule has 0 atom stereocenters. The summed E-state index contributed by atoms with van der Waals surface area (Å²) in [6, 6.07) is 8.14. The van der Waals surface area contributed by atoms with Crippen LogP contribution in [0.5, 0.6) is 0 Å². The van der Waals surface area contributed by atoms with Gasteiger partial charge in [0.2, 0.25) is 0 Å². The van der Waals surface area contributed by atoms with Gasteiger partial charge in [-0.3, -0.25) is 4.79 Å². The molecule has 0 unspecified atom stereocenters. The van der Waals surface area contributed by atoms with E-state index in [1.54, 1.807) is 0 Å². The monoisotopic (exact) mass is 242 g/mol. The third kappa shape index (κ3) is 2.45. The van der Waals surface area contributed by atoms with Crippen LogP contribution in [0.15, 0.2) is 47.8 Å². The lowest BCUT2D eigenvalue weighted by molar-refractivity contribution is -0.115. The summed E-state index contributed by atoms with van der Waals surface area (Å²) in [6.45, 7) is 6.69. The highest BCUT2D eigenvalue weighted by Gasteiger charge is 2.20. The van der Waals surface area contributed by atoms with Crippen molar-refractivity contribution in [3.05, 3.63) is 58.9 Å². The molecule has 1 aromatic rings. The van der Waals surface area contributed by atoms with Crippen molar-refractivity contribution in [3.63, 3.8) is 0 Å². The number of nitrogens with two attached hydrogens (primary N) is 1. The first-order valence-electron chi connectivity index (χ1n) is 6.09. The molecular weight excluding hydrogens is 224 g/mol. The van der Waals surface area contributed by atoms with Gasteiger partial charge in [-0.1, -0.05) is 30.8 Å². The summed E-state index contributed by atoms with van der Waals surface area (Å²) in [5, 5.41) is 3.24. The zero-order chi connectivity index (χ0) is 13.1. The van der Waals surface area contributed by atoms with Crippen LogP contribution in [-0.4, -0.2) is 5.78 Å². The van der Waals surface area contributed by atoms with Crippen LogP contribution in [0.2, 0.25) is 0 Å². The van der Waals surface area contributed by atoms with E-state index in [0.29, 0.717) is 25.1 Å². The van der Waals surface area contributed by atoms with Crippen molar-refractivity contribution in [2.24, 2.45) is 5.73 Å². The fraction of sp³-hybridized carbons (Fsp3) is 0.267. The fourth-order valence-electron chi connectivity index (χ4n) is 2.07. The molecule has 18 heavy (non-hydrogen) atoms. The van der Waals surface area contributed by atoms with Gasteiger partial charge in [-0.05, 0) is 30.0 Å². The van der Waals surface area contributed by atoms with Gasteiger partial charge in [0.05, 0.1) is 11.4 Å². The lowest BCUT2D eigenvalue weighted by Crippen LogP contribution is -2.27. The summed E-state index contributed by atoms with van der Waals surface area (Å²) < 4.78 is 0. The second kappa shape index (κ2) is 5.08. The number of carbonyl (C=O) groups is 1. The number of hydrogen-bond acceptors (Lipinski definition) is 3. The zero-order valence-corrected chi connectivity index (χ0v) is 10.6. The molecule has 3 N–H and O–H groups in total. The number of hydrogen-bond donors (Lipinski definition) is 2. The number of nitrogens with one attached hydrogen (secondary N) is 1. The summed E-state index contributed by atoms with van der Waals surface area (Å²) >= 11 is 0. The Morgan fingerprint density at radius 3 is 2.78 bits per heavy atom. The van der Waals surface area contributed by atoms with Crippen LogP contribution >= 0.6 is 0 Å². The number of benzene rings is 1. The van der Waals surface area contributed by atoms with Crippen LogP contribution < -0.4 is 11.1 Å². The SMILES string of the molecule is C=C1CCC(=O)C(N)=C1NCc1ccccc1C. The molecule has 94 valence electrons. The van der Waals surface area contributed by atoms with Gasteiger partial charge in [-0.15, -0.1) is 0 Å². The van der Waals surface area contributed by atoms with Crippen LogP contribution in [0.4, 0.5) is 0 Å². The Hall–Kier alpha value is -2.03. The zero-order valence-electron chi connectivity index (χ0n) is 10.6. The van der Waals surface area contributed by atoms with Gasteiger partial charge in [0, 0.05) is 13.0 Å². The third-order valence-corrected chi connectivity index (χ3v) is 3.29. The molecular formula is C15H18N2O. The summed E-state index contributed by atoms with van der Waals surface area (Å²) in [5.41, 5.74) is 10.2. The molecule has 0 aromatic heterocycles. The van der Waals surface area contributed by atoms with Crippen LogP contribution in [0.3, 0.4) is 0 Å². The van der Waals surface area contributed by atoms with Crippen LogP contribution in [-0.2, 0) is 11.3 Å². The van der Waals surface area contributed by atoms with E-state index in [1.165, 1.54) is 11.1 Å². The van der Waals surface area contributed by atoms with E-state index in [9.17, 15) is 4.79 Å². The molecule has 3 heteroatoms. The van der Waals surface area contributed by atoms with Crippen molar-refractivity contribution >= 4 is 5.78 Å². The molecule has 2 rings (SSSR count). The molecule has 0 amide bonds. The number of aryl methyl sites for hydroxylation is 1. The average Bonchev–Trinajstić information content (AvgIpc) is 2.36. The molecule has 0 heterocycles. The van der Waals surface area contributed by atoms with E-state index in [0.717, 1.165) is 11.3 Å². The Morgan fingerprint density at radius 1 is 1.33 bits per heavy atom. The number of allylic oxidation sites excluding steroid dienone is 2. The maximum absolute atomic E-state index is 11.6. The number of rotatable bonds is 3. The Balaban J connectivity index is 2.15. The quantitative estimate of drug-likeness (QED) is 0.854. The lowest BCUT2D eigenvalue weighted by Gasteiger charge is -2.20. The van der Waals surface area contributed by atoms with Gasteiger partial charge in [-0.2, -0.15) is 0 Å². The first-order valence-corrected chi connectivity index (χ1v) is 6.09. The molecule has 0 bridgehead atoms. The average molecular weight is 242 g/mol. The predicted octanol–water partition coefficient (Wildman–Crippen LogP) is 2.17. The second-order valence-electron chi connectivity index (χ2n) is 4.60. The molecule has 0 saturated carbocycles. The van der Waals surface area contributed by atoms with E-state index in [2.05, 4.69) is 31.0 Å². The van der Waals surface area contributed by atoms with Crippen molar-refractivity contribution in [3.8, 4) is 0 Å². The van der Waals surface area contributed by atoms with Gasteiger partial charge in [0.1, 0.15) is 0 Å². The highest BCUT2D eigenvalue weighted by Crippen LogP contribution is 2.22. The molecule has 0 saturated heterocycles. The van der Waals surface area contributed by atoms with Crippen LogP contribution in [0, 0.1) is 6.92 Å². The number of Topliss-reactive ketones (excluding diaryl/α,β-unsaturated/α-hetero) is 1. The number of carbonyl (C=O) groups excluding carboxylic acids is 1. The summed E-state index contributed by atoms with van der Waals surface area (Å²) in [7, 11) is 0. The van der Waals surface area contributed by atoms with Gasteiger partial charge in [0.25, 0.3) is 0 Å². The summed E-state index contributed by atoms with van der Waals surface area (Å²) in [5.74, 6) is 0.00897. The Bertz CT molecular complexity index is 529. The van der Waals surface area contributed by atoms with E-state index >= 15 is 0 Å². The normalized spacial score (nSPS) is 16.1. The maximum Gasteiger partial charge on any atom is 0.180 e. The molecule has 0 radical (unpaired) electrons. The maximum atomic E-state index is 11.6. The Kier molecular flexibility index (Phi) is 3.51. The molecule has 1 aromatic carbocycles. The van der Waals surface area contributed by atoms with Crippen molar-refractivity contribution in [1.82, 2.24) is 5.32 Å². The van der Waals surface area contributed by atoms with Gasteiger partial charge in [0.15, 0.2) is 5.78 Å². The van der Waals surface area contributed by atoms with E-state index in [-0.39, 0.29) is 5.78 Å². The van der Waals surface area contributed by atoms with Gasteiger partial charge in [-0.25, -0.2) is 0 Å². The fourth-order valence-corrected chi connectivity index (χ4v) is 2.07. The first-order chi connectivity index (χ1) is 8.59. The highest BCUT2D eigenvalue weighted by molar-refractivity contribution is 5.97. The Morgan fingerprint density at radius 2 is 2.06 bits per heavy atom. The predicted molar refractivity (Wildman–Crippen MR) is 72.6 cm³/mol. The minimum Gasteiger partial charge on any atom is -0.394 e. The standard InChI is InChI=1S/C15H18N2O/c1-10-5-3-4-6-12(10)9-17-15-11(2)7-8-13(18)14(15)16/h3-6,17H,2,7-9,16H2,1H3. The van der Waals surface area contributed by atoms with Crippen molar-refractivity contribution in [1.29, 1.82) is 0 Å². The van der Waals surface area contributed by atoms with Gasteiger partial charge < -0.3 is 11.1 Å². The highest BCUT2D eigenvalue weighted by atomic mass is 16.1. The van der Waals surface area contributed by atoms with E-state index < -0.39 is 0 Å². The minimum atomic E-state index is 0.00897. The van der Waals surface area contributed by atoms with Crippen LogP contribution in [0.25, 0.3) is 0 Å². The first kappa shape index (κ1) is 12.4. The number of ketones is 1. The largest absolute Gasteiger partial charge is 0.394 e.